The minimum atomic E-state index is 0.213. The summed E-state index contributed by atoms with van der Waals surface area (Å²) in [4.78, 5) is 0. The van der Waals surface area contributed by atoms with Gasteiger partial charge in [-0.05, 0) is 52.9 Å². The molecule has 5 heteroatoms. The molecule has 3 aromatic rings. The summed E-state index contributed by atoms with van der Waals surface area (Å²) in [6.45, 7) is 0. The molecule has 5 rings (SSSR count). The van der Waals surface area contributed by atoms with E-state index in [1.165, 1.54) is 33.4 Å². The second-order valence-corrected chi connectivity index (χ2v) is 7.89. The molecular weight excluding hydrogens is 392 g/mol. The molecule has 0 bridgehead atoms. The SMILES string of the molecule is COc1ccc(C2Cc3cc(OC)c4c(c32)C4c2ccc(OC)c(OC)c2)c(OC)c1. The lowest BCUT2D eigenvalue weighted by atomic mass is 9.72. The second-order valence-electron chi connectivity index (χ2n) is 7.89. The van der Waals surface area contributed by atoms with Crippen LogP contribution in [0.25, 0.3) is 0 Å². The molecule has 2 atom stereocenters. The molecule has 0 N–H and O–H groups in total. The van der Waals surface area contributed by atoms with Crippen LogP contribution in [-0.2, 0) is 6.42 Å². The summed E-state index contributed by atoms with van der Waals surface area (Å²) in [5, 5.41) is 0. The summed E-state index contributed by atoms with van der Waals surface area (Å²) < 4.78 is 27.8. The van der Waals surface area contributed by atoms with Crippen molar-refractivity contribution in [3.63, 3.8) is 0 Å². The van der Waals surface area contributed by atoms with E-state index < -0.39 is 0 Å². The third kappa shape index (κ3) is 2.91. The lowest BCUT2D eigenvalue weighted by Crippen LogP contribution is -2.19. The Balaban J connectivity index is 1.57. The van der Waals surface area contributed by atoms with Crippen molar-refractivity contribution in [1.82, 2.24) is 0 Å². The highest BCUT2D eigenvalue weighted by Crippen LogP contribution is 2.62. The van der Waals surface area contributed by atoms with Gasteiger partial charge in [0, 0.05) is 29.0 Å². The van der Waals surface area contributed by atoms with Crippen LogP contribution in [0.2, 0.25) is 0 Å². The number of fused-ring (bicyclic) bond motifs is 3. The van der Waals surface area contributed by atoms with Gasteiger partial charge in [0.1, 0.15) is 17.2 Å². The van der Waals surface area contributed by atoms with Crippen LogP contribution in [0.1, 0.15) is 45.2 Å². The van der Waals surface area contributed by atoms with Crippen molar-refractivity contribution in [3.8, 4) is 28.7 Å². The van der Waals surface area contributed by atoms with Crippen molar-refractivity contribution in [3.05, 3.63) is 75.8 Å². The van der Waals surface area contributed by atoms with Gasteiger partial charge in [-0.15, -0.1) is 0 Å². The van der Waals surface area contributed by atoms with Gasteiger partial charge in [0.25, 0.3) is 0 Å². The van der Waals surface area contributed by atoms with Crippen LogP contribution >= 0.6 is 0 Å². The lowest BCUT2D eigenvalue weighted by molar-refractivity contribution is 0.354. The van der Waals surface area contributed by atoms with Crippen LogP contribution in [0.15, 0.2) is 42.5 Å². The number of benzene rings is 3. The molecule has 0 aliphatic heterocycles. The van der Waals surface area contributed by atoms with E-state index in [4.69, 9.17) is 23.7 Å². The molecular formula is C26H26O5. The first-order valence-electron chi connectivity index (χ1n) is 10.3. The summed E-state index contributed by atoms with van der Waals surface area (Å²) in [5.74, 6) is 4.62. The quantitative estimate of drug-likeness (QED) is 0.427. The van der Waals surface area contributed by atoms with E-state index in [2.05, 4.69) is 24.3 Å². The maximum Gasteiger partial charge on any atom is 0.161 e. The molecule has 0 aromatic heterocycles. The fourth-order valence-corrected chi connectivity index (χ4v) is 4.96. The molecule has 0 heterocycles. The highest BCUT2D eigenvalue weighted by Gasteiger charge is 2.47. The average molecular weight is 418 g/mol. The van der Waals surface area contributed by atoms with Gasteiger partial charge in [0.15, 0.2) is 11.5 Å². The molecule has 0 radical (unpaired) electrons. The minimum absolute atomic E-state index is 0.213. The average Bonchev–Trinajstić information content (AvgIpc) is 3.52. The Labute approximate surface area is 182 Å². The zero-order valence-electron chi connectivity index (χ0n) is 18.4. The molecule has 0 saturated carbocycles. The number of ether oxygens (including phenoxy) is 5. The van der Waals surface area contributed by atoms with Crippen LogP contribution in [0.4, 0.5) is 0 Å². The first-order valence-corrected chi connectivity index (χ1v) is 10.3. The number of hydrogen-bond acceptors (Lipinski definition) is 5. The zero-order chi connectivity index (χ0) is 21.7. The normalized spacial score (nSPS) is 17.7. The Morgan fingerprint density at radius 1 is 0.613 bits per heavy atom. The summed E-state index contributed by atoms with van der Waals surface area (Å²) in [5.41, 5.74) is 7.77. The van der Waals surface area contributed by atoms with Gasteiger partial charge in [0.2, 0.25) is 0 Å². The molecule has 0 spiro atoms. The first kappa shape index (κ1) is 19.6. The summed E-state index contributed by atoms with van der Waals surface area (Å²) >= 11 is 0. The van der Waals surface area contributed by atoms with E-state index in [9.17, 15) is 0 Å². The van der Waals surface area contributed by atoms with Gasteiger partial charge < -0.3 is 23.7 Å². The van der Waals surface area contributed by atoms with E-state index in [0.717, 1.165) is 35.2 Å². The Bertz CT molecular complexity index is 1170. The number of methoxy groups -OCH3 is 5. The van der Waals surface area contributed by atoms with Crippen molar-refractivity contribution in [2.45, 2.75) is 18.3 Å². The van der Waals surface area contributed by atoms with E-state index in [0.29, 0.717) is 5.92 Å². The van der Waals surface area contributed by atoms with E-state index in [-0.39, 0.29) is 5.92 Å². The zero-order valence-corrected chi connectivity index (χ0v) is 18.4. The molecule has 3 aromatic carbocycles. The molecule has 0 amide bonds. The Morgan fingerprint density at radius 3 is 2.03 bits per heavy atom. The van der Waals surface area contributed by atoms with Crippen LogP contribution in [0.3, 0.4) is 0 Å². The highest BCUT2D eigenvalue weighted by atomic mass is 16.5. The van der Waals surface area contributed by atoms with Crippen molar-refractivity contribution in [1.29, 1.82) is 0 Å². The van der Waals surface area contributed by atoms with Crippen molar-refractivity contribution < 1.29 is 23.7 Å². The van der Waals surface area contributed by atoms with Crippen molar-refractivity contribution in [2.75, 3.05) is 35.5 Å². The molecule has 0 fully saturated rings. The van der Waals surface area contributed by atoms with Crippen LogP contribution < -0.4 is 23.7 Å². The van der Waals surface area contributed by atoms with Gasteiger partial charge >= 0.3 is 0 Å². The van der Waals surface area contributed by atoms with Gasteiger partial charge in [-0.3, -0.25) is 0 Å². The number of hydrogen-bond donors (Lipinski definition) is 0. The molecule has 2 aliphatic rings. The maximum absolute atomic E-state index is 5.74. The molecule has 2 unspecified atom stereocenters. The predicted octanol–water partition coefficient (Wildman–Crippen LogP) is 4.91. The largest absolute Gasteiger partial charge is 0.497 e. The Hall–Kier alpha value is -3.34. The summed E-state index contributed by atoms with van der Waals surface area (Å²) in [6.07, 6.45) is 0.973. The third-order valence-corrected chi connectivity index (χ3v) is 6.54. The van der Waals surface area contributed by atoms with Gasteiger partial charge in [-0.2, -0.15) is 0 Å². The standard InChI is InChI=1S/C26H26O5/c1-27-16-7-8-17(20(13-16)29-3)18-10-15-12-22(31-5)25-24(26(25)23(15)18)14-6-9-19(28-2)21(11-14)30-4/h6-9,11-13,18,24H,10H2,1-5H3. The highest BCUT2D eigenvalue weighted by molar-refractivity contribution is 5.75. The lowest BCUT2D eigenvalue weighted by Gasteiger charge is -2.32. The van der Waals surface area contributed by atoms with Gasteiger partial charge in [-0.25, -0.2) is 0 Å². The molecule has 2 aliphatic carbocycles. The maximum atomic E-state index is 5.74. The van der Waals surface area contributed by atoms with Crippen LogP contribution in [-0.4, -0.2) is 35.5 Å². The Kier molecular flexibility index (Phi) is 4.69. The molecule has 5 nitrogen and oxygen atoms in total. The Morgan fingerprint density at radius 2 is 1.35 bits per heavy atom. The summed E-state index contributed by atoms with van der Waals surface area (Å²) in [7, 11) is 8.45. The van der Waals surface area contributed by atoms with E-state index in [1.807, 2.05) is 18.2 Å². The third-order valence-electron chi connectivity index (χ3n) is 6.54. The van der Waals surface area contributed by atoms with Gasteiger partial charge in [-0.1, -0.05) is 12.1 Å². The fraction of sp³-hybridized carbons (Fsp3) is 0.308. The fourth-order valence-electron chi connectivity index (χ4n) is 4.96. The topological polar surface area (TPSA) is 46.2 Å². The minimum Gasteiger partial charge on any atom is -0.497 e. The smallest absolute Gasteiger partial charge is 0.161 e. The van der Waals surface area contributed by atoms with Gasteiger partial charge in [0.05, 0.1) is 35.5 Å². The molecule has 160 valence electrons. The summed E-state index contributed by atoms with van der Waals surface area (Å²) in [6, 6.07) is 14.4. The van der Waals surface area contributed by atoms with Crippen molar-refractivity contribution in [2.24, 2.45) is 0 Å². The molecule has 31 heavy (non-hydrogen) atoms. The number of rotatable bonds is 7. The van der Waals surface area contributed by atoms with Crippen LogP contribution in [0, 0.1) is 0 Å². The van der Waals surface area contributed by atoms with E-state index >= 15 is 0 Å². The molecule has 0 saturated heterocycles. The second kappa shape index (κ2) is 7.41. The van der Waals surface area contributed by atoms with E-state index in [1.54, 1.807) is 35.5 Å². The monoisotopic (exact) mass is 418 g/mol. The first-order chi connectivity index (χ1) is 15.1. The van der Waals surface area contributed by atoms with Crippen molar-refractivity contribution >= 4 is 0 Å². The van der Waals surface area contributed by atoms with Crippen LogP contribution in [0.5, 0.6) is 28.7 Å². The predicted molar refractivity (Wildman–Crippen MR) is 119 cm³/mol.